The SMILES string of the molecule is CC(C)C[C@@H](NC(=O)C[C@H](NC(=O)OCC1c2ccccc2-c2ccccc21)C(C)C)C(=O)O. The number of nitrogens with one attached hydrogen (secondary N) is 2. The van der Waals surface area contributed by atoms with Crippen molar-refractivity contribution in [2.24, 2.45) is 11.8 Å². The Bertz CT molecular complexity index is 988. The number of ether oxygens (including phenoxy) is 1. The normalized spacial score (nSPS) is 14.3. The van der Waals surface area contributed by atoms with Gasteiger partial charge in [-0.15, -0.1) is 0 Å². The molecule has 2 amide bonds. The Labute approximate surface area is 200 Å². The van der Waals surface area contributed by atoms with Gasteiger partial charge >= 0.3 is 12.1 Å². The number of hydrogen-bond donors (Lipinski definition) is 3. The van der Waals surface area contributed by atoms with Gasteiger partial charge in [0.2, 0.25) is 5.91 Å². The summed E-state index contributed by atoms with van der Waals surface area (Å²) < 4.78 is 5.60. The molecule has 182 valence electrons. The summed E-state index contributed by atoms with van der Waals surface area (Å²) in [6, 6.07) is 14.8. The smallest absolute Gasteiger partial charge is 0.407 e. The highest BCUT2D eigenvalue weighted by molar-refractivity contribution is 5.84. The average molecular weight is 467 g/mol. The predicted molar refractivity (Wildman–Crippen MR) is 130 cm³/mol. The molecule has 0 aliphatic heterocycles. The molecule has 0 aromatic heterocycles. The number of carboxylic acids is 1. The number of rotatable bonds is 10. The van der Waals surface area contributed by atoms with Crippen molar-refractivity contribution in [1.82, 2.24) is 10.6 Å². The topological polar surface area (TPSA) is 105 Å². The second-order valence-corrected chi connectivity index (χ2v) is 9.61. The van der Waals surface area contributed by atoms with Gasteiger partial charge in [0.25, 0.3) is 0 Å². The molecule has 0 fully saturated rings. The Morgan fingerprint density at radius 2 is 1.47 bits per heavy atom. The monoisotopic (exact) mass is 466 g/mol. The van der Waals surface area contributed by atoms with Gasteiger partial charge in [0.05, 0.1) is 0 Å². The van der Waals surface area contributed by atoms with E-state index in [-0.39, 0.29) is 30.8 Å². The Hall–Kier alpha value is -3.35. The van der Waals surface area contributed by atoms with E-state index in [1.165, 1.54) is 0 Å². The quantitative estimate of drug-likeness (QED) is 0.476. The zero-order chi connectivity index (χ0) is 24.8. The summed E-state index contributed by atoms with van der Waals surface area (Å²) >= 11 is 0. The van der Waals surface area contributed by atoms with Crippen LogP contribution in [0.1, 0.15) is 57.6 Å². The molecule has 0 unspecified atom stereocenters. The van der Waals surface area contributed by atoms with Crippen molar-refractivity contribution in [1.29, 1.82) is 0 Å². The van der Waals surface area contributed by atoms with Crippen molar-refractivity contribution in [2.75, 3.05) is 6.61 Å². The molecule has 1 aliphatic carbocycles. The highest BCUT2D eigenvalue weighted by Gasteiger charge is 2.30. The third-order valence-corrected chi connectivity index (χ3v) is 6.20. The molecule has 7 nitrogen and oxygen atoms in total. The highest BCUT2D eigenvalue weighted by atomic mass is 16.5. The number of alkyl carbamates (subject to hydrolysis) is 1. The van der Waals surface area contributed by atoms with Gasteiger partial charge in [0.15, 0.2) is 0 Å². The third kappa shape index (κ3) is 6.16. The Morgan fingerprint density at radius 1 is 0.912 bits per heavy atom. The van der Waals surface area contributed by atoms with Gasteiger partial charge in [-0.05, 0) is 40.5 Å². The molecule has 34 heavy (non-hydrogen) atoms. The van der Waals surface area contributed by atoms with Crippen LogP contribution in [0.5, 0.6) is 0 Å². The van der Waals surface area contributed by atoms with E-state index in [1.807, 2.05) is 52.0 Å². The van der Waals surface area contributed by atoms with Crippen molar-refractivity contribution in [2.45, 2.75) is 58.5 Å². The van der Waals surface area contributed by atoms with Crippen molar-refractivity contribution >= 4 is 18.0 Å². The molecule has 0 bridgehead atoms. The molecule has 1 aliphatic rings. The maximum atomic E-state index is 12.6. The minimum atomic E-state index is -1.06. The fourth-order valence-corrected chi connectivity index (χ4v) is 4.39. The van der Waals surface area contributed by atoms with Crippen molar-refractivity contribution < 1.29 is 24.2 Å². The molecule has 2 aromatic rings. The molecule has 3 N–H and O–H groups in total. The summed E-state index contributed by atoms with van der Waals surface area (Å²) in [5.74, 6) is -1.44. The Balaban J connectivity index is 1.59. The summed E-state index contributed by atoms with van der Waals surface area (Å²) in [6.07, 6.45) is -0.276. The van der Waals surface area contributed by atoms with Crippen LogP contribution < -0.4 is 10.6 Å². The minimum absolute atomic E-state index is 0.0241. The number of hydrogen-bond acceptors (Lipinski definition) is 4. The zero-order valence-corrected chi connectivity index (χ0v) is 20.2. The predicted octanol–water partition coefficient (Wildman–Crippen LogP) is 4.56. The summed E-state index contributed by atoms with van der Waals surface area (Å²) in [4.78, 5) is 36.6. The van der Waals surface area contributed by atoms with Crippen LogP contribution in [-0.2, 0) is 14.3 Å². The van der Waals surface area contributed by atoms with Gasteiger partial charge < -0.3 is 20.5 Å². The van der Waals surface area contributed by atoms with Gasteiger partial charge in [-0.25, -0.2) is 9.59 Å². The number of fused-ring (bicyclic) bond motifs is 3. The molecule has 0 heterocycles. The fraction of sp³-hybridized carbons (Fsp3) is 0.444. The van der Waals surface area contributed by atoms with Gasteiger partial charge in [-0.3, -0.25) is 4.79 Å². The summed E-state index contributed by atoms with van der Waals surface area (Å²) in [7, 11) is 0. The molecule has 0 spiro atoms. The van der Waals surface area contributed by atoms with Crippen LogP contribution in [0.25, 0.3) is 11.1 Å². The maximum Gasteiger partial charge on any atom is 0.407 e. The van der Waals surface area contributed by atoms with E-state index >= 15 is 0 Å². The second-order valence-electron chi connectivity index (χ2n) is 9.61. The van der Waals surface area contributed by atoms with Crippen LogP contribution in [0.3, 0.4) is 0 Å². The van der Waals surface area contributed by atoms with Gasteiger partial charge in [-0.2, -0.15) is 0 Å². The lowest BCUT2D eigenvalue weighted by molar-refractivity contribution is -0.142. The largest absolute Gasteiger partial charge is 0.480 e. The van der Waals surface area contributed by atoms with Crippen molar-refractivity contribution in [3.63, 3.8) is 0 Å². The zero-order valence-electron chi connectivity index (χ0n) is 20.2. The standard InChI is InChI=1S/C27H34N2O5/c1-16(2)13-24(26(31)32)28-25(30)14-23(17(3)4)29-27(33)34-15-22-20-11-7-5-9-18(20)19-10-6-8-12-21(19)22/h5-12,16-17,22-24H,13-15H2,1-4H3,(H,28,30)(H,29,33)(H,31,32)/t23-,24+/m0/s1. The van der Waals surface area contributed by atoms with Crippen LogP contribution in [0, 0.1) is 11.8 Å². The minimum Gasteiger partial charge on any atom is -0.480 e. The van der Waals surface area contributed by atoms with Gasteiger partial charge in [0.1, 0.15) is 12.6 Å². The van der Waals surface area contributed by atoms with Crippen LogP contribution in [-0.4, -0.2) is 41.8 Å². The molecule has 0 saturated heterocycles. The van der Waals surface area contributed by atoms with Gasteiger partial charge in [-0.1, -0.05) is 76.2 Å². The second kappa shape index (κ2) is 11.2. The first kappa shape index (κ1) is 25.3. The first-order chi connectivity index (χ1) is 16.2. The number of carbonyl (C=O) groups is 3. The maximum absolute atomic E-state index is 12.6. The van der Waals surface area contributed by atoms with Crippen LogP contribution >= 0.6 is 0 Å². The molecule has 0 radical (unpaired) electrons. The van der Waals surface area contributed by atoms with E-state index in [9.17, 15) is 19.5 Å². The molecule has 3 rings (SSSR count). The lowest BCUT2D eigenvalue weighted by Crippen LogP contribution is -2.46. The molecular weight excluding hydrogens is 432 g/mol. The number of amides is 2. The van der Waals surface area contributed by atoms with E-state index in [0.717, 1.165) is 22.3 Å². The van der Waals surface area contributed by atoms with E-state index in [4.69, 9.17) is 4.74 Å². The number of benzene rings is 2. The lowest BCUT2D eigenvalue weighted by atomic mass is 9.98. The Morgan fingerprint density at radius 3 is 1.97 bits per heavy atom. The molecule has 2 atom stereocenters. The molecule has 0 saturated carbocycles. The van der Waals surface area contributed by atoms with Crippen molar-refractivity contribution in [3.05, 3.63) is 59.7 Å². The van der Waals surface area contributed by atoms with Crippen LogP contribution in [0.2, 0.25) is 0 Å². The number of aliphatic carboxylic acids is 1. The van der Waals surface area contributed by atoms with E-state index < -0.39 is 30.1 Å². The summed E-state index contributed by atoms with van der Waals surface area (Å²) in [5, 5.41) is 14.7. The van der Waals surface area contributed by atoms with Crippen molar-refractivity contribution in [3.8, 4) is 11.1 Å². The summed E-state index contributed by atoms with van der Waals surface area (Å²) in [6.45, 7) is 7.77. The van der Waals surface area contributed by atoms with Crippen LogP contribution in [0.4, 0.5) is 4.79 Å². The third-order valence-electron chi connectivity index (χ3n) is 6.20. The Kier molecular flexibility index (Phi) is 8.31. The highest BCUT2D eigenvalue weighted by Crippen LogP contribution is 2.44. The van der Waals surface area contributed by atoms with Gasteiger partial charge in [0, 0.05) is 18.4 Å². The van der Waals surface area contributed by atoms with E-state index in [1.54, 1.807) is 0 Å². The summed E-state index contributed by atoms with van der Waals surface area (Å²) in [5.41, 5.74) is 4.55. The molecule has 7 heteroatoms. The van der Waals surface area contributed by atoms with E-state index in [2.05, 4.69) is 34.9 Å². The fourth-order valence-electron chi connectivity index (χ4n) is 4.39. The number of carbonyl (C=O) groups excluding carboxylic acids is 2. The first-order valence-electron chi connectivity index (χ1n) is 11.8. The first-order valence-corrected chi connectivity index (χ1v) is 11.8. The lowest BCUT2D eigenvalue weighted by Gasteiger charge is -2.24. The van der Waals surface area contributed by atoms with E-state index in [0.29, 0.717) is 6.42 Å². The number of carboxylic acid groups (broad SMARTS) is 1. The molecule has 2 aromatic carbocycles. The molecular formula is C27H34N2O5. The average Bonchev–Trinajstić information content (AvgIpc) is 3.10. The van der Waals surface area contributed by atoms with Crippen LogP contribution in [0.15, 0.2) is 48.5 Å².